The van der Waals surface area contributed by atoms with Crippen LogP contribution in [0.3, 0.4) is 0 Å². The molecule has 4 heteroatoms. The molecule has 0 saturated carbocycles. The van der Waals surface area contributed by atoms with Gasteiger partial charge in [0.1, 0.15) is 0 Å². The van der Waals surface area contributed by atoms with Crippen LogP contribution in [0.1, 0.15) is 47.0 Å². The SMILES string of the molecule is CCCN1C(=O)CC(NC(C)(C)CC)C1=O. The van der Waals surface area contributed by atoms with Crippen molar-refractivity contribution in [3.05, 3.63) is 0 Å². The first-order valence-corrected chi connectivity index (χ1v) is 6.03. The van der Waals surface area contributed by atoms with Gasteiger partial charge in [0.25, 0.3) is 0 Å². The zero-order chi connectivity index (χ0) is 12.3. The summed E-state index contributed by atoms with van der Waals surface area (Å²) in [4.78, 5) is 24.9. The van der Waals surface area contributed by atoms with Gasteiger partial charge in [0.2, 0.25) is 11.8 Å². The van der Waals surface area contributed by atoms with Gasteiger partial charge in [-0.3, -0.25) is 14.5 Å². The Hall–Kier alpha value is -0.900. The Morgan fingerprint density at radius 3 is 2.50 bits per heavy atom. The van der Waals surface area contributed by atoms with E-state index in [-0.39, 0.29) is 23.4 Å². The van der Waals surface area contributed by atoms with Crippen molar-refractivity contribution >= 4 is 11.8 Å². The van der Waals surface area contributed by atoms with E-state index in [2.05, 4.69) is 12.2 Å². The van der Waals surface area contributed by atoms with E-state index in [0.29, 0.717) is 13.0 Å². The second-order valence-electron chi connectivity index (χ2n) is 5.02. The molecule has 0 radical (unpaired) electrons. The molecule has 1 atom stereocenters. The minimum Gasteiger partial charge on any atom is -0.300 e. The van der Waals surface area contributed by atoms with Crippen molar-refractivity contribution in [3.8, 4) is 0 Å². The Bertz CT molecular complexity index is 287. The average molecular weight is 226 g/mol. The number of carbonyl (C=O) groups excluding carboxylic acids is 2. The van der Waals surface area contributed by atoms with Gasteiger partial charge in [0.15, 0.2) is 0 Å². The van der Waals surface area contributed by atoms with Crippen molar-refractivity contribution < 1.29 is 9.59 Å². The number of imide groups is 1. The van der Waals surface area contributed by atoms with Crippen molar-refractivity contribution in [2.45, 2.75) is 58.5 Å². The number of rotatable bonds is 5. The predicted molar refractivity (Wildman–Crippen MR) is 62.9 cm³/mol. The van der Waals surface area contributed by atoms with E-state index in [1.54, 1.807) is 0 Å². The number of hydrogen-bond donors (Lipinski definition) is 1. The molecule has 0 bridgehead atoms. The second kappa shape index (κ2) is 4.95. The molecule has 0 aromatic heterocycles. The normalized spacial score (nSPS) is 22.0. The van der Waals surface area contributed by atoms with E-state index in [1.807, 2.05) is 20.8 Å². The van der Waals surface area contributed by atoms with Crippen LogP contribution < -0.4 is 5.32 Å². The molecule has 1 saturated heterocycles. The van der Waals surface area contributed by atoms with Crippen LogP contribution in [0.4, 0.5) is 0 Å². The summed E-state index contributed by atoms with van der Waals surface area (Å²) in [6.07, 6.45) is 2.06. The zero-order valence-electron chi connectivity index (χ0n) is 10.7. The Morgan fingerprint density at radius 2 is 2.00 bits per heavy atom. The lowest BCUT2D eigenvalue weighted by molar-refractivity contribution is -0.139. The van der Waals surface area contributed by atoms with Crippen LogP contribution in [-0.4, -0.2) is 34.8 Å². The van der Waals surface area contributed by atoms with E-state index in [1.165, 1.54) is 4.90 Å². The van der Waals surface area contributed by atoms with Crippen LogP contribution >= 0.6 is 0 Å². The molecule has 1 heterocycles. The molecule has 1 aliphatic rings. The fourth-order valence-corrected chi connectivity index (χ4v) is 1.83. The van der Waals surface area contributed by atoms with E-state index >= 15 is 0 Å². The van der Waals surface area contributed by atoms with Crippen LogP contribution in [0.5, 0.6) is 0 Å². The van der Waals surface area contributed by atoms with Gasteiger partial charge in [-0.1, -0.05) is 13.8 Å². The summed E-state index contributed by atoms with van der Waals surface area (Å²) in [6, 6.07) is -0.325. The summed E-state index contributed by atoms with van der Waals surface area (Å²) >= 11 is 0. The smallest absolute Gasteiger partial charge is 0.246 e. The monoisotopic (exact) mass is 226 g/mol. The van der Waals surface area contributed by atoms with Gasteiger partial charge in [-0.05, 0) is 26.7 Å². The van der Waals surface area contributed by atoms with Gasteiger partial charge in [-0.2, -0.15) is 0 Å². The molecule has 0 spiro atoms. The number of hydrogen-bond acceptors (Lipinski definition) is 3. The Balaban J connectivity index is 2.65. The molecule has 1 N–H and O–H groups in total. The van der Waals surface area contributed by atoms with Crippen molar-refractivity contribution in [2.75, 3.05) is 6.54 Å². The summed E-state index contributed by atoms with van der Waals surface area (Å²) in [6.45, 7) is 8.68. The molecule has 1 unspecified atom stereocenters. The first-order chi connectivity index (χ1) is 7.41. The van der Waals surface area contributed by atoms with Crippen LogP contribution in [0.15, 0.2) is 0 Å². The summed E-state index contributed by atoms with van der Waals surface area (Å²) in [5, 5.41) is 3.26. The quantitative estimate of drug-likeness (QED) is 0.719. The van der Waals surface area contributed by atoms with Crippen LogP contribution in [0.25, 0.3) is 0 Å². The molecule has 0 aromatic rings. The van der Waals surface area contributed by atoms with Crippen LogP contribution in [0.2, 0.25) is 0 Å². The number of nitrogens with one attached hydrogen (secondary N) is 1. The Kier molecular flexibility index (Phi) is 4.08. The standard InChI is InChI=1S/C12H22N2O2/c1-5-7-14-10(15)8-9(11(14)16)13-12(3,4)6-2/h9,13H,5-8H2,1-4H3. The van der Waals surface area contributed by atoms with Crippen molar-refractivity contribution in [1.82, 2.24) is 10.2 Å². The average Bonchev–Trinajstić information content (AvgIpc) is 2.46. The molecule has 92 valence electrons. The largest absolute Gasteiger partial charge is 0.300 e. The molecule has 0 aromatic carbocycles. The predicted octanol–water partition coefficient (Wildman–Crippen LogP) is 1.30. The molecular formula is C12H22N2O2. The fourth-order valence-electron chi connectivity index (χ4n) is 1.83. The molecule has 1 aliphatic heterocycles. The minimum absolute atomic E-state index is 0.0451. The number of likely N-dealkylation sites (tertiary alicyclic amines) is 1. The third-order valence-electron chi connectivity index (χ3n) is 3.14. The van der Waals surface area contributed by atoms with Gasteiger partial charge < -0.3 is 5.32 Å². The molecule has 0 aliphatic carbocycles. The second-order valence-corrected chi connectivity index (χ2v) is 5.02. The number of amides is 2. The summed E-state index contributed by atoms with van der Waals surface area (Å²) in [5.41, 5.74) is -0.0944. The highest BCUT2D eigenvalue weighted by Gasteiger charge is 2.39. The molecule has 4 nitrogen and oxygen atoms in total. The highest BCUT2D eigenvalue weighted by molar-refractivity contribution is 6.05. The van der Waals surface area contributed by atoms with Crippen molar-refractivity contribution in [3.63, 3.8) is 0 Å². The zero-order valence-corrected chi connectivity index (χ0v) is 10.7. The van der Waals surface area contributed by atoms with E-state index in [9.17, 15) is 9.59 Å². The maximum Gasteiger partial charge on any atom is 0.246 e. The maximum absolute atomic E-state index is 11.9. The van der Waals surface area contributed by atoms with Gasteiger partial charge >= 0.3 is 0 Å². The molecular weight excluding hydrogens is 204 g/mol. The van der Waals surface area contributed by atoms with Gasteiger partial charge in [0.05, 0.1) is 12.5 Å². The lowest BCUT2D eigenvalue weighted by atomic mass is 10.00. The lowest BCUT2D eigenvalue weighted by Crippen LogP contribution is -2.49. The van der Waals surface area contributed by atoms with Crippen molar-refractivity contribution in [1.29, 1.82) is 0 Å². The molecule has 1 fully saturated rings. The van der Waals surface area contributed by atoms with E-state index in [4.69, 9.17) is 0 Å². The first-order valence-electron chi connectivity index (χ1n) is 6.03. The summed E-state index contributed by atoms with van der Waals surface area (Å²) < 4.78 is 0. The van der Waals surface area contributed by atoms with Crippen molar-refractivity contribution in [2.24, 2.45) is 0 Å². The number of nitrogens with zero attached hydrogens (tertiary/aromatic N) is 1. The third kappa shape index (κ3) is 2.82. The van der Waals surface area contributed by atoms with E-state index in [0.717, 1.165) is 12.8 Å². The van der Waals surface area contributed by atoms with Gasteiger partial charge in [-0.25, -0.2) is 0 Å². The topological polar surface area (TPSA) is 49.4 Å². The Morgan fingerprint density at radius 1 is 1.38 bits per heavy atom. The van der Waals surface area contributed by atoms with E-state index < -0.39 is 0 Å². The fraction of sp³-hybridized carbons (Fsp3) is 0.833. The molecule has 2 amide bonds. The minimum atomic E-state index is -0.325. The van der Waals surface area contributed by atoms with Crippen LogP contribution in [0, 0.1) is 0 Å². The summed E-state index contributed by atoms with van der Waals surface area (Å²) in [7, 11) is 0. The highest BCUT2D eigenvalue weighted by atomic mass is 16.2. The van der Waals surface area contributed by atoms with Gasteiger partial charge in [-0.15, -0.1) is 0 Å². The van der Waals surface area contributed by atoms with Gasteiger partial charge in [0, 0.05) is 12.1 Å². The molecule has 16 heavy (non-hydrogen) atoms. The lowest BCUT2D eigenvalue weighted by Gasteiger charge is -2.27. The first kappa shape index (κ1) is 13.2. The third-order valence-corrected chi connectivity index (χ3v) is 3.14. The Labute approximate surface area is 97.4 Å². The van der Waals surface area contributed by atoms with Crippen LogP contribution in [-0.2, 0) is 9.59 Å². The number of carbonyl (C=O) groups is 2. The molecule has 1 rings (SSSR count). The maximum atomic E-state index is 11.9. The summed E-state index contributed by atoms with van der Waals surface area (Å²) in [5.74, 6) is -0.107. The highest BCUT2D eigenvalue weighted by Crippen LogP contribution is 2.17.